The highest BCUT2D eigenvalue weighted by Gasteiger charge is 2.31. The summed E-state index contributed by atoms with van der Waals surface area (Å²) in [5, 5.41) is 32.1. The fourth-order valence-electron chi connectivity index (χ4n) is 2.74. The molecule has 0 saturated heterocycles. The van der Waals surface area contributed by atoms with Gasteiger partial charge in [-0.1, -0.05) is 18.9 Å². The van der Waals surface area contributed by atoms with E-state index < -0.39 is 30.8 Å². The number of amides is 1. The first-order valence-corrected chi connectivity index (χ1v) is 7.31. The summed E-state index contributed by atoms with van der Waals surface area (Å²) in [6.07, 6.45) is 3.04. The van der Waals surface area contributed by atoms with Crippen molar-refractivity contribution in [3.8, 4) is 0 Å². The van der Waals surface area contributed by atoms with Crippen molar-refractivity contribution in [2.75, 3.05) is 6.61 Å². The monoisotopic (exact) mass is 294 g/mol. The molecule has 1 heterocycles. The molecule has 1 aliphatic rings. The van der Waals surface area contributed by atoms with Gasteiger partial charge in [0.15, 0.2) is 0 Å². The second kappa shape index (κ2) is 7.49. The van der Waals surface area contributed by atoms with Crippen molar-refractivity contribution in [3.05, 3.63) is 30.1 Å². The van der Waals surface area contributed by atoms with Crippen molar-refractivity contribution in [3.63, 3.8) is 0 Å². The molecule has 0 aliphatic heterocycles. The number of hydrogen-bond donors (Lipinski definition) is 4. The van der Waals surface area contributed by atoms with Gasteiger partial charge in [-0.15, -0.1) is 0 Å². The van der Waals surface area contributed by atoms with Crippen molar-refractivity contribution in [2.45, 2.75) is 43.9 Å². The van der Waals surface area contributed by atoms with E-state index in [0.717, 1.165) is 25.7 Å². The summed E-state index contributed by atoms with van der Waals surface area (Å²) in [4.78, 5) is 16.0. The predicted molar refractivity (Wildman–Crippen MR) is 76.2 cm³/mol. The highest BCUT2D eigenvalue weighted by Crippen LogP contribution is 2.28. The molecular weight excluding hydrogens is 272 g/mol. The van der Waals surface area contributed by atoms with E-state index in [9.17, 15) is 20.1 Å². The van der Waals surface area contributed by atoms with Crippen molar-refractivity contribution in [1.29, 1.82) is 0 Å². The first kappa shape index (κ1) is 15.9. The van der Waals surface area contributed by atoms with Gasteiger partial charge in [-0.05, 0) is 30.9 Å². The Kier molecular flexibility index (Phi) is 5.67. The van der Waals surface area contributed by atoms with Crippen LogP contribution < -0.4 is 5.32 Å². The summed E-state index contributed by atoms with van der Waals surface area (Å²) in [5.41, 5.74) is 0.368. The van der Waals surface area contributed by atoms with Crippen LogP contribution in [0.4, 0.5) is 0 Å². The minimum absolute atomic E-state index is 0.0312. The van der Waals surface area contributed by atoms with Crippen LogP contribution in [0.3, 0.4) is 0 Å². The lowest BCUT2D eigenvalue weighted by Crippen LogP contribution is -2.48. The minimum Gasteiger partial charge on any atom is -0.394 e. The molecule has 3 atom stereocenters. The maximum Gasteiger partial charge on any atom is 0.249 e. The van der Waals surface area contributed by atoms with Gasteiger partial charge >= 0.3 is 0 Å². The summed E-state index contributed by atoms with van der Waals surface area (Å²) >= 11 is 0. The average molecular weight is 294 g/mol. The second-order valence-electron chi connectivity index (χ2n) is 5.49. The third kappa shape index (κ3) is 4.00. The van der Waals surface area contributed by atoms with Crippen LogP contribution in [0.2, 0.25) is 0 Å². The van der Waals surface area contributed by atoms with Crippen LogP contribution in [0.25, 0.3) is 0 Å². The van der Waals surface area contributed by atoms with Crippen LogP contribution in [0.1, 0.15) is 37.5 Å². The number of aliphatic hydroxyl groups excluding tert-OH is 3. The Morgan fingerprint density at radius 1 is 1.33 bits per heavy atom. The normalized spacial score (nSPS) is 20.0. The number of aromatic nitrogens is 1. The fraction of sp³-hybridized carbons (Fsp3) is 0.600. The van der Waals surface area contributed by atoms with Gasteiger partial charge in [-0.3, -0.25) is 9.78 Å². The fourth-order valence-corrected chi connectivity index (χ4v) is 2.74. The molecule has 2 rings (SSSR count). The lowest BCUT2D eigenvalue weighted by molar-refractivity contribution is -0.134. The summed E-state index contributed by atoms with van der Waals surface area (Å²) in [6, 6.07) is 4.16. The topological polar surface area (TPSA) is 103 Å². The summed E-state index contributed by atoms with van der Waals surface area (Å²) in [7, 11) is 0. The van der Waals surface area contributed by atoms with E-state index in [1.807, 2.05) is 0 Å². The molecule has 1 saturated carbocycles. The lowest BCUT2D eigenvalue weighted by Gasteiger charge is -2.25. The van der Waals surface area contributed by atoms with Gasteiger partial charge < -0.3 is 20.6 Å². The van der Waals surface area contributed by atoms with Crippen LogP contribution in [0.5, 0.6) is 0 Å². The van der Waals surface area contributed by atoms with E-state index >= 15 is 0 Å². The van der Waals surface area contributed by atoms with Gasteiger partial charge in [-0.2, -0.15) is 0 Å². The minimum atomic E-state index is -1.11. The first-order valence-electron chi connectivity index (χ1n) is 7.31. The molecule has 4 N–H and O–H groups in total. The second-order valence-corrected chi connectivity index (χ2v) is 5.49. The molecule has 6 heteroatoms. The Labute approximate surface area is 123 Å². The highest BCUT2D eigenvalue weighted by molar-refractivity contribution is 5.81. The molecule has 1 aromatic heterocycles. The smallest absolute Gasteiger partial charge is 0.249 e. The summed E-state index contributed by atoms with van der Waals surface area (Å²) < 4.78 is 0. The number of rotatable bonds is 6. The predicted octanol–water partition coefficient (Wildman–Crippen LogP) is 0.143. The molecule has 0 radical (unpaired) electrons. The van der Waals surface area contributed by atoms with Crippen molar-refractivity contribution >= 4 is 5.91 Å². The van der Waals surface area contributed by atoms with Crippen molar-refractivity contribution < 1.29 is 20.1 Å². The van der Waals surface area contributed by atoms with Crippen LogP contribution in [-0.4, -0.2) is 45.0 Å². The Bertz CT molecular complexity index is 448. The molecular formula is C15H22N2O4. The van der Waals surface area contributed by atoms with Gasteiger partial charge in [0, 0.05) is 6.20 Å². The molecule has 6 nitrogen and oxygen atoms in total. The largest absolute Gasteiger partial charge is 0.394 e. The van der Waals surface area contributed by atoms with Crippen molar-refractivity contribution in [1.82, 2.24) is 10.3 Å². The van der Waals surface area contributed by atoms with E-state index in [-0.39, 0.29) is 5.92 Å². The number of hydrogen-bond acceptors (Lipinski definition) is 5. The molecule has 1 aliphatic carbocycles. The Balaban J connectivity index is 1.96. The number of nitrogens with one attached hydrogen (secondary N) is 1. The van der Waals surface area contributed by atoms with E-state index in [4.69, 9.17) is 0 Å². The van der Waals surface area contributed by atoms with Gasteiger partial charge in [0.05, 0.1) is 18.3 Å². The Morgan fingerprint density at radius 2 is 2.05 bits per heavy atom. The van der Waals surface area contributed by atoms with Gasteiger partial charge in [0.2, 0.25) is 5.91 Å². The quantitative estimate of drug-likeness (QED) is 0.598. The molecule has 0 spiro atoms. The number of pyridine rings is 1. The van der Waals surface area contributed by atoms with Crippen LogP contribution >= 0.6 is 0 Å². The van der Waals surface area contributed by atoms with Crippen LogP contribution in [0, 0.1) is 5.92 Å². The van der Waals surface area contributed by atoms with Gasteiger partial charge in [-0.25, -0.2) is 0 Å². The Morgan fingerprint density at radius 3 is 2.62 bits per heavy atom. The lowest BCUT2D eigenvalue weighted by atomic mass is 9.99. The maximum absolute atomic E-state index is 12.0. The maximum atomic E-state index is 12.0. The Hall–Kier alpha value is -1.50. The zero-order valence-corrected chi connectivity index (χ0v) is 11.9. The zero-order chi connectivity index (χ0) is 15.2. The molecule has 1 aromatic rings. The number of carbonyl (C=O) groups is 1. The van der Waals surface area contributed by atoms with E-state index in [1.165, 1.54) is 6.20 Å². The molecule has 0 aromatic carbocycles. The van der Waals surface area contributed by atoms with E-state index in [2.05, 4.69) is 10.3 Å². The number of aliphatic hydroxyl groups is 3. The molecule has 116 valence electrons. The molecule has 1 fully saturated rings. The number of nitrogens with zero attached hydrogens (tertiary/aromatic N) is 1. The van der Waals surface area contributed by atoms with Crippen molar-refractivity contribution in [2.24, 2.45) is 5.92 Å². The third-order valence-electron chi connectivity index (χ3n) is 4.01. The standard InChI is InChI=1S/C15H22N2O4/c18-9-12(14(20)11-7-3-4-8-16-11)17-15(21)13(19)10-5-1-2-6-10/h3-4,7-8,10,12-14,18-20H,1-2,5-6,9H2,(H,17,21). The van der Waals surface area contributed by atoms with Crippen LogP contribution in [-0.2, 0) is 4.79 Å². The summed E-state index contributed by atoms with van der Waals surface area (Å²) in [5.74, 6) is -0.577. The molecule has 21 heavy (non-hydrogen) atoms. The van der Waals surface area contributed by atoms with E-state index in [0.29, 0.717) is 5.69 Å². The summed E-state index contributed by atoms with van der Waals surface area (Å²) in [6.45, 7) is -0.430. The third-order valence-corrected chi connectivity index (χ3v) is 4.01. The van der Waals surface area contributed by atoms with Crippen LogP contribution in [0.15, 0.2) is 24.4 Å². The average Bonchev–Trinajstić information content (AvgIpc) is 3.06. The first-order chi connectivity index (χ1) is 10.1. The SMILES string of the molecule is O=C(NC(CO)C(O)c1ccccn1)C(O)C1CCCC1. The van der Waals surface area contributed by atoms with Gasteiger partial charge in [0.1, 0.15) is 12.2 Å². The van der Waals surface area contributed by atoms with E-state index in [1.54, 1.807) is 18.2 Å². The number of carbonyl (C=O) groups excluding carboxylic acids is 1. The zero-order valence-electron chi connectivity index (χ0n) is 11.9. The molecule has 3 unspecified atom stereocenters. The van der Waals surface area contributed by atoms with Gasteiger partial charge in [0.25, 0.3) is 0 Å². The molecule has 0 bridgehead atoms. The molecule has 1 amide bonds. The highest BCUT2D eigenvalue weighted by atomic mass is 16.3.